The molecular weight excluding hydrogens is 278 g/mol. The summed E-state index contributed by atoms with van der Waals surface area (Å²) in [5, 5.41) is 11.3. The predicted octanol–water partition coefficient (Wildman–Crippen LogP) is 1.88. The van der Waals surface area contributed by atoms with Crippen molar-refractivity contribution in [1.29, 1.82) is 0 Å². The number of hydrogen-bond donors (Lipinski definition) is 2. The van der Waals surface area contributed by atoms with E-state index >= 15 is 0 Å². The number of halogens is 1. The van der Waals surface area contributed by atoms with Crippen LogP contribution in [-0.4, -0.2) is 23.0 Å². The molecule has 0 saturated heterocycles. The highest BCUT2D eigenvalue weighted by Crippen LogP contribution is 2.14. The Morgan fingerprint density at radius 2 is 2.12 bits per heavy atom. The van der Waals surface area contributed by atoms with Crippen LogP contribution < -0.4 is 5.32 Å². The predicted molar refractivity (Wildman–Crippen MR) is 60.1 cm³/mol. The molecule has 1 aromatic heterocycles. The lowest BCUT2D eigenvalue weighted by molar-refractivity contribution is -0.140. The van der Waals surface area contributed by atoms with Gasteiger partial charge in [-0.05, 0) is 21.8 Å². The monoisotopic (exact) mass is 289 g/mol. The van der Waals surface area contributed by atoms with Crippen molar-refractivity contribution in [3.05, 3.63) is 22.6 Å². The lowest BCUT2D eigenvalue weighted by Gasteiger charge is -2.17. The van der Waals surface area contributed by atoms with Gasteiger partial charge < -0.3 is 14.8 Å². The Morgan fingerprint density at radius 3 is 2.50 bits per heavy atom. The second-order valence-corrected chi connectivity index (χ2v) is 4.45. The number of furan rings is 1. The maximum Gasteiger partial charge on any atom is 0.326 e. The van der Waals surface area contributed by atoms with Crippen molar-refractivity contribution < 1.29 is 19.1 Å². The highest BCUT2D eigenvalue weighted by Gasteiger charge is 2.24. The molecule has 1 atom stereocenters. The van der Waals surface area contributed by atoms with Crippen LogP contribution in [0.15, 0.2) is 21.4 Å². The van der Waals surface area contributed by atoms with Gasteiger partial charge in [-0.1, -0.05) is 13.8 Å². The Hall–Kier alpha value is -1.30. The summed E-state index contributed by atoms with van der Waals surface area (Å²) in [6.45, 7) is 3.45. The molecule has 6 heteroatoms. The van der Waals surface area contributed by atoms with Gasteiger partial charge in [-0.15, -0.1) is 0 Å². The topological polar surface area (TPSA) is 79.5 Å². The van der Waals surface area contributed by atoms with Crippen LogP contribution in [0.2, 0.25) is 0 Å². The third-order valence-corrected chi connectivity index (χ3v) is 2.46. The van der Waals surface area contributed by atoms with Crippen LogP contribution >= 0.6 is 15.9 Å². The summed E-state index contributed by atoms with van der Waals surface area (Å²) in [6, 6.07) is 0.579. The number of carbonyl (C=O) groups excluding carboxylic acids is 1. The molecular formula is C10H12BrNO4. The summed E-state index contributed by atoms with van der Waals surface area (Å²) in [7, 11) is 0. The van der Waals surface area contributed by atoms with Crippen molar-refractivity contribution in [3.8, 4) is 0 Å². The lowest BCUT2D eigenvalue weighted by atomic mass is 10.0. The van der Waals surface area contributed by atoms with Crippen molar-refractivity contribution >= 4 is 27.8 Å². The number of nitrogens with one attached hydrogen (secondary N) is 1. The average Bonchev–Trinajstić information content (AvgIpc) is 2.59. The van der Waals surface area contributed by atoms with E-state index in [1.54, 1.807) is 13.8 Å². The fourth-order valence-corrected chi connectivity index (χ4v) is 1.51. The van der Waals surface area contributed by atoms with Crippen LogP contribution in [0.5, 0.6) is 0 Å². The van der Waals surface area contributed by atoms with E-state index in [2.05, 4.69) is 21.2 Å². The Morgan fingerprint density at radius 1 is 1.50 bits per heavy atom. The molecule has 0 aliphatic rings. The normalized spacial score (nSPS) is 12.5. The van der Waals surface area contributed by atoms with Crippen molar-refractivity contribution in [2.75, 3.05) is 0 Å². The molecule has 1 amide bonds. The Balaban J connectivity index is 2.73. The minimum atomic E-state index is -1.05. The molecule has 0 radical (unpaired) electrons. The standard InChI is InChI=1S/C10H12BrNO4/c1-5(2)8(10(14)15)12-9(13)6-3-7(11)16-4-6/h3-5,8H,1-2H3,(H,12,13)(H,14,15)/t8-/m1/s1. The summed E-state index contributed by atoms with van der Waals surface area (Å²) >= 11 is 3.06. The molecule has 16 heavy (non-hydrogen) atoms. The summed E-state index contributed by atoms with van der Waals surface area (Å²) in [5.74, 6) is -1.70. The molecule has 1 heterocycles. The zero-order valence-electron chi connectivity index (χ0n) is 8.86. The second kappa shape index (κ2) is 5.16. The van der Waals surface area contributed by atoms with Gasteiger partial charge in [0, 0.05) is 6.07 Å². The van der Waals surface area contributed by atoms with Gasteiger partial charge in [-0.3, -0.25) is 4.79 Å². The highest BCUT2D eigenvalue weighted by atomic mass is 79.9. The Labute approximate surface area is 101 Å². The molecule has 0 saturated carbocycles. The number of carbonyl (C=O) groups is 2. The molecule has 0 fully saturated rings. The van der Waals surface area contributed by atoms with Gasteiger partial charge in [0.1, 0.15) is 12.3 Å². The summed E-state index contributed by atoms with van der Waals surface area (Å²) < 4.78 is 5.32. The second-order valence-electron chi connectivity index (χ2n) is 3.67. The van der Waals surface area contributed by atoms with Crippen LogP contribution in [0, 0.1) is 5.92 Å². The Kier molecular flexibility index (Phi) is 4.12. The molecule has 0 aromatic carbocycles. The minimum absolute atomic E-state index is 0.184. The van der Waals surface area contributed by atoms with Crippen LogP contribution in [0.1, 0.15) is 24.2 Å². The van der Waals surface area contributed by atoms with E-state index in [9.17, 15) is 9.59 Å². The van der Waals surface area contributed by atoms with Gasteiger partial charge in [-0.25, -0.2) is 4.79 Å². The minimum Gasteiger partial charge on any atom is -0.480 e. The average molecular weight is 290 g/mol. The molecule has 88 valence electrons. The van der Waals surface area contributed by atoms with Crippen LogP contribution in [0.25, 0.3) is 0 Å². The zero-order chi connectivity index (χ0) is 12.3. The first-order valence-electron chi connectivity index (χ1n) is 4.69. The summed E-state index contributed by atoms with van der Waals surface area (Å²) in [4.78, 5) is 22.5. The molecule has 0 bridgehead atoms. The number of aliphatic carboxylic acids is 1. The summed E-state index contributed by atoms with van der Waals surface area (Å²) in [5.41, 5.74) is 0.291. The molecule has 1 aromatic rings. The first-order chi connectivity index (χ1) is 7.41. The third-order valence-electron chi connectivity index (χ3n) is 2.05. The van der Waals surface area contributed by atoms with Gasteiger partial charge in [-0.2, -0.15) is 0 Å². The molecule has 2 N–H and O–H groups in total. The Bertz CT molecular complexity index is 399. The molecule has 1 rings (SSSR count). The molecule has 0 spiro atoms. The first kappa shape index (κ1) is 12.8. The lowest BCUT2D eigenvalue weighted by Crippen LogP contribution is -2.44. The number of rotatable bonds is 4. The quantitative estimate of drug-likeness (QED) is 0.887. The third kappa shape index (κ3) is 3.10. The van der Waals surface area contributed by atoms with Crippen molar-refractivity contribution in [3.63, 3.8) is 0 Å². The number of hydrogen-bond acceptors (Lipinski definition) is 3. The molecule has 0 aliphatic carbocycles. The molecule has 0 aliphatic heterocycles. The maximum atomic E-state index is 11.6. The van der Waals surface area contributed by atoms with Gasteiger partial charge in [0.25, 0.3) is 5.91 Å². The molecule has 5 nitrogen and oxygen atoms in total. The van der Waals surface area contributed by atoms with Crippen LogP contribution in [0.3, 0.4) is 0 Å². The summed E-state index contributed by atoms with van der Waals surface area (Å²) in [6.07, 6.45) is 1.26. The number of carboxylic acid groups (broad SMARTS) is 1. The fourth-order valence-electron chi connectivity index (χ4n) is 1.17. The van der Waals surface area contributed by atoms with E-state index in [1.807, 2.05) is 0 Å². The van der Waals surface area contributed by atoms with E-state index in [4.69, 9.17) is 9.52 Å². The highest BCUT2D eigenvalue weighted by molar-refractivity contribution is 9.10. The van der Waals surface area contributed by atoms with Crippen molar-refractivity contribution in [1.82, 2.24) is 5.32 Å². The first-order valence-corrected chi connectivity index (χ1v) is 5.49. The SMILES string of the molecule is CC(C)[C@@H](NC(=O)c1coc(Br)c1)C(=O)O. The largest absolute Gasteiger partial charge is 0.480 e. The zero-order valence-corrected chi connectivity index (χ0v) is 10.4. The van der Waals surface area contributed by atoms with Gasteiger partial charge in [0.15, 0.2) is 4.67 Å². The van der Waals surface area contributed by atoms with Gasteiger partial charge in [0.2, 0.25) is 0 Å². The van der Waals surface area contributed by atoms with E-state index in [0.717, 1.165) is 0 Å². The molecule has 0 unspecified atom stereocenters. The van der Waals surface area contributed by atoms with Crippen molar-refractivity contribution in [2.45, 2.75) is 19.9 Å². The van der Waals surface area contributed by atoms with E-state index in [1.165, 1.54) is 12.3 Å². The smallest absolute Gasteiger partial charge is 0.326 e. The maximum absolute atomic E-state index is 11.6. The van der Waals surface area contributed by atoms with Crippen LogP contribution in [-0.2, 0) is 4.79 Å². The fraction of sp³-hybridized carbons (Fsp3) is 0.400. The van der Waals surface area contributed by atoms with Gasteiger partial charge in [0.05, 0.1) is 5.56 Å². The van der Waals surface area contributed by atoms with E-state index < -0.39 is 17.9 Å². The van der Waals surface area contributed by atoms with E-state index in [-0.39, 0.29) is 5.92 Å². The van der Waals surface area contributed by atoms with Gasteiger partial charge >= 0.3 is 5.97 Å². The number of carboxylic acids is 1. The van der Waals surface area contributed by atoms with Crippen molar-refractivity contribution in [2.24, 2.45) is 5.92 Å². The van der Waals surface area contributed by atoms with Crippen LogP contribution in [0.4, 0.5) is 0 Å². The number of amides is 1. The van der Waals surface area contributed by atoms with E-state index in [0.29, 0.717) is 10.2 Å².